The normalized spacial score (nSPS) is 15.8. The van der Waals surface area contributed by atoms with Crippen LogP contribution < -0.4 is 10.6 Å². The molecule has 0 saturated carbocycles. The summed E-state index contributed by atoms with van der Waals surface area (Å²) in [5.41, 5.74) is 1.28. The van der Waals surface area contributed by atoms with E-state index in [4.69, 9.17) is 16.3 Å². The van der Waals surface area contributed by atoms with Gasteiger partial charge in [-0.1, -0.05) is 23.7 Å². The Morgan fingerprint density at radius 1 is 1.27 bits per heavy atom. The number of likely N-dealkylation sites (N-methyl/N-ethyl adjacent to an activating group) is 1. The van der Waals surface area contributed by atoms with Gasteiger partial charge < -0.3 is 20.3 Å². The molecule has 0 bridgehead atoms. The molecule has 0 aromatic heterocycles. The van der Waals surface area contributed by atoms with Crippen LogP contribution in [0.2, 0.25) is 5.02 Å². The van der Waals surface area contributed by atoms with Crippen molar-refractivity contribution in [1.82, 2.24) is 20.4 Å². The summed E-state index contributed by atoms with van der Waals surface area (Å²) in [7, 11) is 3.49. The molecule has 0 aliphatic carbocycles. The van der Waals surface area contributed by atoms with Crippen LogP contribution in [0.25, 0.3) is 0 Å². The highest BCUT2D eigenvalue weighted by Gasteiger charge is 2.20. The minimum absolute atomic E-state index is 0.0109. The predicted octanol–water partition coefficient (Wildman–Crippen LogP) is 2.35. The maximum Gasteiger partial charge on any atom is 0.243 e. The highest BCUT2D eigenvalue weighted by Crippen LogP contribution is 2.16. The Hall–Kier alpha value is -1.83. The van der Waals surface area contributed by atoms with Gasteiger partial charge in [0.2, 0.25) is 5.91 Å². The molecule has 0 radical (unpaired) electrons. The third-order valence-corrected chi connectivity index (χ3v) is 5.33. The number of nitrogens with zero attached hydrogens (tertiary/aromatic N) is 3. The zero-order valence-corrected chi connectivity index (χ0v) is 19.2. The molecule has 1 saturated heterocycles. The van der Waals surface area contributed by atoms with Gasteiger partial charge in [0.05, 0.1) is 0 Å². The number of carbonyl (C=O) groups excluding carboxylic acids is 1. The largest absolute Gasteiger partial charge is 0.382 e. The van der Waals surface area contributed by atoms with E-state index in [1.54, 1.807) is 19.0 Å². The Kier molecular flexibility index (Phi) is 11.0. The van der Waals surface area contributed by atoms with Crippen LogP contribution in [0, 0.1) is 0 Å². The molecule has 1 fully saturated rings. The monoisotopic (exact) mass is 437 g/mol. The third kappa shape index (κ3) is 9.32. The van der Waals surface area contributed by atoms with E-state index in [2.05, 4.69) is 32.7 Å². The Morgan fingerprint density at radius 3 is 2.60 bits per heavy atom. The molecule has 0 spiro atoms. The first-order valence-corrected chi connectivity index (χ1v) is 11.1. The van der Waals surface area contributed by atoms with Crippen LogP contribution in [-0.2, 0) is 16.1 Å². The summed E-state index contributed by atoms with van der Waals surface area (Å²) in [4.78, 5) is 20.4. The Morgan fingerprint density at radius 2 is 1.97 bits per heavy atom. The maximum atomic E-state index is 11.9. The van der Waals surface area contributed by atoms with Crippen LogP contribution in [0.4, 0.5) is 0 Å². The molecule has 1 aromatic rings. The number of rotatable bonds is 10. The second-order valence-electron chi connectivity index (χ2n) is 7.75. The summed E-state index contributed by atoms with van der Waals surface area (Å²) in [5.74, 6) is 0.695. The molecule has 8 heteroatoms. The summed E-state index contributed by atoms with van der Waals surface area (Å²) in [6.45, 7) is 7.33. The number of ether oxygens (including phenoxy) is 1. The summed E-state index contributed by atoms with van der Waals surface area (Å²) < 4.78 is 5.39. The first-order valence-electron chi connectivity index (χ1n) is 10.8. The van der Waals surface area contributed by atoms with Gasteiger partial charge in [-0.25, -0.2) is 4.99 Å². The van der Waals surface area contributed by atoms with Crippen molar-refractivity contribution < 1.29 is 9.53 Å². The number of aliphatic imine (C=N–C) groups is 1. The lowest BCUT2D eigenvalue weighted by atomic mass is 10.0. The lowest BCUT2D eigenvalue weighted by Crippen LogP contribution is -2.49. The van der Waals surface area contributed by atoms with Crippen LogP contribution in [0.15, 0.2) is 29.3 Å². The fourth-order valence-electron chi connectivity index (χ4n) is 3.24. The minimum atomic E-state index is -0.0109. The van der Waals surface area contributed by atoms with E-state index in [1.165, 1.54) is 5.56 Å². The van der Waals surface area contributed by atoms with Crippen molar-refractivity contribution in [3.05, 3.63) is 34.9 Å². The topological polar surface area (TPSA) is 69.2 Å². The molecule has 1 aliphatic rings. The number of hydrogen-bond donors (Lipinski definition) is 2. The van der Waals surface area contributed by atoms with Gasteiger partial charge in [-0.15, -0.1) is 0 Å². The second-order valence-corrected chi connectivity index (χ2v) is 8.19. The van der Waals surface area contributed by atoms with Crippen molar-refractivity contribution in [2.75, 3.05) is 53.5 Å². The summed E-state index contributed by atoms with van der Waals surface area (Å²) >= 11 is 5.98. The number of benzene rings is 1. The van der Waals surface area contributed by atoms with Crippen LogP contribution in [-0.4, -0.2) is 81.2 Å². The minimum Gasteiger partial charge on any atom is -0.382 e. The Balaban J connectivity index is 1.81. The number of piperidine rings is 1. The van der Waals surface area contributed by atoms with Crippen LogP contribution >= 0.6 is 11.6 Å². The third-order valence-electron chi connectivity index (χ3n) is 5.08. The van der Waals surface area contributed by atoms with E-state index in [0.717, 1.165) is 63.7 Å². The van der Waals surface area contributed by atoms with Gasteiger partial charge in [0.1, 0.15) is 6.54 Å². The zero-order valence-electron chi connectivity index (χ0n) is 18.5. The number of halogens is 1. The zero-order chi connectivity index (χ0) is 21.8. The SMILES string of the molecule is CCOCCCNC(=NCC(=O)N(C)C)NC1CCN(Cc2ccc(Cl)cc2)CC1. The highest BCUT2D eigenvalue weighted by molar-refractivity contribution is 6.30. The van der Waals surface area contributed by atoms with Crippen molar-refractivity contribution in [2.45, 2.75) is 38.8 Å². The molecule has 0 unspecified atom stereocenters. The lowest BCUT2D eigenvalue weighted by molar-refractivity contribution is -0.127. The molecule has 1 heterocycles. The molecule has 2 rings (SSSR count). The standard InChI is InChI=1S/C22H36ClN5O2/c1-4-30-15-5-12-24-22(25-16-21(29)27(2)3)26-20-10-13-28(14-11-20)17-18-6-8-19(23)9-7-18/h6-9,20H,4-5,10-17H2,1-3H3,(H2,24,25,26). The van der Waals surface area contributed by atoms with E-state index in [1.807, 2.05) is 19.1 Å². The quantitative estimate of drug-likeness (QED) is 0.334. The maximum absolute atomic E-state index is 11.9. The number of likely N-dealkylation sites (tertiary alicyclic amines) is 1. The molecule has 0 atom stereocenters. The number of carbonyl (C=O) groups is 1. The van der Waals surface area contributed by atoms with Crippen molar-refractivity contribution >= 4 is 23.5 Å². The summed E-state index contributed by atoms with van der Waals surface area (Å²) in [6, 6.07) is 8.41. The molecule has 168 valence electrons. The van der Waals surface area contributed by atoms with Gasteiger partial charge in [-0.05, 0) is 43.9 Å². The summed E-state index contributed by atoms with van der Waals surface area (Å²) in [5, 5.41) is 7.63. The van der Waals surface area contributed by atoms with Crippen molar-refractivity contribution in [3.63, 3.8) is 0 Å². The van der Waals surface area contributed by atoms with Gasteiger partial charge in [0.15, 0.2) is 5.96 Å². The van der Waals surface area contributed by atoms with E-state index in [-0.39, 0.29) is 12.5 Å². The molecule has 7 nitrogen and oxygen atoms in total. The van der Waals surface area contributed by atoms with E-state index < -0.39 is 0 Å². The van der Waals surface area contributed by atoms with E-state index >= 15 is 0 Å². The van der Waals surface area contributed by atoms with Crippen molar-refractivity contribution in [3.8, 4) is 0 Å². The van der Waals surface area contributed by atoms with Crippen LogP contribution in [0.5, 0.6) is 0 Å². The number of amides is 1. The molecular formula is C22H36ClN5O2. The fraction of sp³-hybridized carbons (Fsp3) is 0.636. The van der Waals surface area contributed by atoms with Crippen LogP contribution in [0.3, 0.4) is 0 Å². The van der Waals surface area contributed by atoms with Crippen molar-refractivity contribution in [1.29, 1.82) is 0 Å². The molecule has 1 aromatic carbocycles. The Bertz CT molecular complexity index is 658. The molecule has 1 amide bonds. The van der Waals surface area contributed by atoms with Crippen molar-refractivity contribution in [2.24, 2.45) is 4.99 Å². The fourth-order valence-corrected chi connectivity index (χ4v) is 3.37. The van der Waals surface area contributed by atoms with Gasteiger partial charge >= 0.3 is 0 Å². The van der Waals surface area contributed by atoms with Gasteiger partial charge in [-0.3, -0.25) is 9.69 Å². The number of nitrogens with one attached hydrogen (secondary N) is 2. The lowest BCUT2D eigenvalue weighted by Gasteiger charge is -2.33. The smallest absolute Gasteiger partial charge is 0.243 e. The molecule has 2 N–H and O–H groups in total. The predicted molar refractivity (Wildman–Crippen MR) is 123 cm³/mol. The average molecular weight is 438 g/mol. The molecule has 30 heavy (non-hydrogen) atoms. The van der Waals surface area contributed by atoms with Gasteiger partial charge in [0, 0.05) is 64.6 Å². The Labute approximate surface area is 185 Å². The first kappa shape index (κ1) is 24.4. The van der Waals surface area contributed by atoms with Crippen LogP contribution in [0.1, 0.15) is 31.7 Å². The highest BCUT2D eigenvalue weighted by atomic mass is 35.5. The second kappa shape index (κ2) is 13.5. The summed E-state index contributed by atoms with van der Waals surface area (Å²) in [6.07, 6.45) is 2.97. The van der Waals surface area contributed by atoms with Gasteiger partial charge in [-0.2, -0.15) is 0 Å². The van der Waals surface area contributed by atoms with Gasteiger partial charge in [0.25, 0.3) is 0 Å². The molecule has 1 aliphatic heterocycles. The first-order chi connectivity index (χ1) is 14.5. The van der Waals surface area contributed by atoms with E-state index in [9.17, 15) is 4.79 Å². The van der Waals surface area contributed by atoms with E-state index in [0.29, 0.717) is 12.0 Å². The molecular weight excluding hydrogens is 402 g/mol. The number of hydrogen-bond acceptors (Lipinski definition) is 4. The number of guanidine groups is 1. The average Bonchev–Trinajstić information content (AvgIpc) is 2.74.